The Kier molecular flexibility index (Phi) is 3.91. The second kappa shape index (κ2) is 5.48. The van der Waals surface area contributed by atoms with Crippen LogP contribution < -0.4 is 0 Å². The van der Waals surface area contributed by atoms with Gasteiger partial charge in [-0.15, -0.1) is 5.10 Å². The molecule has 0 aliphatic heterocycles. The Bertz CT molecular complexity index is 622. The molecule has 1 aromatic carbocycles. The van der Waals surface area contributed by atoms with E-state index in [0.29, 0.717) is 11.9 Å². The molecule has 0 spiro atoms. The second-order valence-corrected chi connectivity index (χ2v) is 4.36. The van der Waals surface area contributed by atoms with Crippen molar-refractivity contribution in [1.82, 2.24) is 15.0 Å². The monoisotopic (exact) mass is 287 g/mol. The maximum absolute atomic E-state index is 12.0. The highest BCUT2D eigenvalue weighted by atomic mass is 19.4. The summed E-state index contributed by atoms with van der Waals surface area (Å²) in [5.41, 5.74) is 0.789. The number of nitrogens with zero attached hydrogens (tertiary/aromatic N) is 3. The molecule has 20 heavy (non-hydrogen) atoms. The molecule has 0 unspecified atom stereocenters. The first-order valence-electron chi connectivity index (χ1n) is 6.01. The predicted octanol–water partition coefficient (Wildman–Crippen LogP) is 2.86. The summed E-state index contributed by atoms with van der Waals surface area (Å²) in [6.45, 7) is 0.273. The number of rotatable bonds is 5. The van der Waals surface area contributed by atoms with Crippen molar-refractivity contribution < 1.29 is 23.1 Å². The molecule has 1 heterocycles. The Morgan fingerprint density at radius 3 is 2.70 bits per heavy atom. The average Bonchev–Trinajstić information content (AvgIpc) is 2.76. The minimum Gasteiger partial charge on any atom is -0.478 e. The molecule has 2 rings (SSSR count). The third-order valence-corrected chi connectivity index (χ3v) is 2.86. The molecule has 1 aromatic heterocycles. The van der Waals surface area contributed by atoms with Gasteiger partial charge in [-0.25, -0.2) is 9.48 Å². The highest BCUT2D eigenvalue weighted by Crippen LogP contribution is 2.23. The van der Waals surface area contributed by atoms with Gasteiger partial charge in [0.15, 0.2) is 0 Å². The SMILES string of the molecule is O=C(O)c1cccc2c1nnn2CCCCC(F)(F)F. The van der Waals surface area contributed by atoms with E-state index in [-0.39, 0.29) is 24.0 Å². The second-order valence-electron chi connectivity index (χ2n) is 4.36. The number of hydrogen-bond donors (Lipinski definition) is 1. The molecule has 108 valence electrons. The number of alkyl halides is 3. The number of benzene rings is 1. The molecule has 0 radical (unpaired) electrons. The fourth-order valence-corrected chi connectivity index (χ4v) is 1.92. The normalized spacial score (nSPS) is 11.9. The number of aromatic nitrogens is 3. The first-order valence-corrected chi connectivity index (χ1v) is 6.01. The highest BCUT2D eigenvalue weighted by molar-refractivity contribution is 6.00. The Morgan fingerprint density at radius 2 is 2.05 bits per heavy atom. The van der Waals surface area contributed by atoms with Gasteiger partial charge in [-0.05, 0) is 25.0 Å². The van der Waals surface area contributed by atoms with Crippen LogP contribution in [0.15, 0.2) is 18.2 Å². The lowest BCUT2D eigenvalue weighted by atomic mass is 10.2. The molecule has 0 fully saturated rings. The summed E-state index contributed by atoms with van der Waals surface area (Å²) in [6.07, 6.45) is -4.68. The van der Waals surface area contributed by atoms with Crippen molar-refractivity contribution in [2.45, 2.75) is 32.0 Å². The zero-order valence-corrected chi connectivity index (χ0v) is 10.4. The largest absolute Gasteiger partial charge is 0.478 e. The summed E-state index contributed by atoms with van der Waals surface area (Å²) in [4.78, 5) is 11.0. The Morgan fingerprint density at radius 1 is 1.30 bits per heavy atom. The molecule has 0 atom stereocenters. The number of carboxylic acid groups (broad SMARTS) is 1. The first-order chi connectivity index (χ1) is 9.38. The molecule has 2 aromatic rings. The summed E-state index contributed by atoms with van der Waals surface area (Å²) in [6, 6.07) is 4.61. The summed E-state index contributed by atoms with van der Waals surface area (Å²) in [5, 5.41) is 16.6. The van der Waals surface area contributed by atoms with Crippen LogP contribution in [-0.4, -0.2) is 32.2 Å². The number of halogens is 3. The van der Waals surface area contributed by atoms with Crippen LogP contribution in [0.4, 0.5) is 13.2 Å². The summed E-state index contributed by atoms with van der Waals surface area (Å²) in [5.74, 6) is -1.11. The molecule has 0 aliphatic rings. The molecular formula is C12H12F3N3O2. The lowest BCUT2D eigenvalue weighted by Crippen LogP contribution is -2.08. The van der Waals surface area contributed by atoms with Crippen LogP contribution in [0.1, 0.15) is 29.6 Å². The fraction of sp³-hybridized carbons (Fsp3) is 0.417. The van der Waals surface area contributed by atoms with E-state index in [1.165, 1.54) is 10.7 Å². The number of unbranched alkanes of at least 4 members (excludes halogenated alkanes) is 1. The number of fused-ring (bicyclic) bond motifs is 1. The van der Waals surface area contributed by atoms with Gasteiger partial charge in [0.2, 0.25) is 0 Å². The van der Waals surface area contributed by atoms with Gasteiger partial charge in [-0.3, -0.25) is 0 Å². The van der Waals surface area contributed by atoms with Crippen molar-refractivity contribution >= 4 is 17.0 Å². The van der Waals surface area contributed by atoms with Crippen molar-refractivity contribution in [3.63, 3.8) is 0 Å². The summed E-state index contributed by atoms with van der Waals surface area (Å²) >= 11 is 0. The van der Waals surface area contributed by atoms with Crippen molar-refractivity contribution in [3.05, 3.63) is 23.8 Å². The first kappa shape index (κ1) is 14.3. The van der Waals surface area contributed by atoms with Crippen LogP contribution in [0, 0.1) is 0 Å². The average molecular weight is 287 g/mol. The van der Waals surface area contributed by atoms with Crippen molar-refractivity contribution in [3.8, 4) is 0 Å². The number of carbonyl (C=O) groups is 1. The van der Waals surface area contributed by atoms with Gasteiger partial charge in [0.05, 0.1) is 11.1 Å². The van der Waals surface area contributed by atoms with Gasteiger partial charge in [0.25, 0.3) is 0 Å². The molecule has 0 aliphatic carbocycles. The molecule has 0 saturated heterocycles. The maximum atomic E-state index is 12.0. The minimum atomic E-state index is -4.15. The predicted molar refractivity (Wildman–Crippen MR) is 64.4 cm³/mol. The van der Waals surface area contributed by atoms with Gasteiger partial charge in [-0.1, -0.05) is 11.3 Å². The lowest BCUT2D eigenvalue weighted by molar-refractivity contribution is -0.135. The van der Waals surface area contributed by atoms with Crippen LogP contribution in [0.2, 0.25) is 0 Å². The maximum Gasteiger partial charge on any atom is 0.389 e. The number of hydrogen-bond acceptors (Lipinski definition) is 3. The Balaban J connectivity index is 2.08. The van der Waals surface area contributed by atoms with Crippen molar-refractivity contribution in [2.24, 2.45) is 0 Å². The smallest absolute Gasteiger partial charge is 0.389 e. The third kappa shape index (κ3) is 3.25. The van der Waals surface area contributed by atoms with Crippen LogP contribution >= 0.6 is 0 Å². The van der Waals surface area contributed by atoms with E-state index in [1.807, 2.05) is 0 Å². The fourth-order valence-electron chi connectivity index (χ4n) is 1.92. The molecular weight excluding hydrogens is 275 g/mol. The zero-order chi connectivity index (χ0) is 14.8. The van der Waals surface area contributed by atoms with Gasteiger partial charge in [0, 0.05) is 13.0 Å². The third-order valence-electron chi connectivity index (χ3n) is 2.86. The molecule has 0 bridgehead atoms. The van der Waals surface area contributed by atoms with Crippen LogP contribution in [0.3, 0.4) is 0 Å². The topological polar surface area (TPSA) is 68.0 Å². The van der Waals surface area contributed by atoms with Crippen LogP contribution in [0.5, 0.6) is 0 Å². The number of aromatic carboxylic acids is 1. The van der Waals surface area contributed by atoms with Crippen molar-refractivity contribution in [1.29, 1.82) is 0 Å². The zero-order valence-electron chi connectivity index (χ0n) is 10.4. The number of aryl methyl sites for hydroxylation is 1. The quantitative estimate of drug-likeness (QED) is 0.859. The molecule has 0 saturated carbocycles. The van der Waals surface area contributed by atoms with E-state index < -0.39 is 18.6 Å². The molecule has 0 amide bonds. The van der Waals surface area contributed by atoms with E-state index in [4.69, 9.17) is 5.11 Å². The molecule has 5 nitrogen and oxygen atoms in total. The molecule has 1 N–H and O–H groups in total. The Hall–Kier alpha value is -2.12. The van der Waals surface area contributed by atoms with E-state index in [2.05, 4.69) is 10.3 Å². The lowest BCUT2D eigenvalue weighted by Gasteiger charge is -2.06. The van der Waals surface area contributed by atoms with Gasteiger partial charge in [-0.2, -0.15) is 13.2 Å². The van der Waals surface area contributed by atoms with Crippen LogP contribution in [-0.2, 0) is 6.54 Å². The summed E-state index contributed by atoms with van der Waals surface area (Å²) < 4.78 is 37.5. The van der Waals surface area contributed by atoms with Crippen LogP contribution in [0.25, 0.3) is 11.0 Å². The van der Waals surface area contributed by atoms with E-state index in [0.717, 1.165) is 0 Å². The van der Waals surface area contributed by atoms with E-state index in [9.17, 15) is 18.0 Å². The minimum absolute atomic E-state index is 0.00345. The molecule has 8 heteroatoms. The standard InChI is InChI=1S/C12H12F3N3O2/c13-12(14,15)6-1-2-7-18-9-5-3-4-8(11(19)20)10(9)16-17-18/h3-5H,1-2,6-7H2,(H,19,20). The summed E-state index contributed by atoms with van der Waals surface area (Å²) in [7, 11) is 0. The Labute approximate surface area is 112 Å². The van der Waals surface area contributed by atoms with E-state index >= 15 is 0 Å². The van der Waals surface area contributed by atoms with Gasteiger partial charge >= 0.3 is 12.1 Å². The number of carboxylic acids is 1. The van der Waals surface area contributed by atoms with Gasteiger partial charge < -0.3 is 5.11 Å². The van der Waals surface area contributed by atoms with Crippen molar-refractivity contribution in [2.75, 3.05) is 0 Å². The highest BCUT2D eigenvalue weighted by Gasteiger charge is 2.25. The van der Waals surface area contributed by atoms with Gasteiger partial charge in [0.1, 0.15) is 5.52 Å². The van der Waals surface area contributed by atoms with E-state index in [1.54, 1.807) is 12.1 Å².